The maximum Gasteiger partial charge on any atom is 0.422 e. The normalized spacial score (nSPS) is 11.0. The molecule has 2 N–H and O–H groups in total. The van der Waals surface area contributed by atoms with Gasteiger partial charge < -0.3 is 15.4 Å². The molecular formula is C19H12Cl2F3N5O3. The number of carbonyl (C=O) groups is 2. The second kappa shape index (κ2) is 9.79. The van der Waals surface area contributed by atoms with Gasteiger partial charge >= 0.3 is 12.2 Å². The topological polar surface area (TPSA) is 106 Å². The van der Waals surface area contributed by atoms with Crippen molar-refractivity contribution in [3.05, 3.63) is 59.7 Å². The highest BCUT2D eigenvalue weighted by Gasteiger charge is 2.29. The van der Waals surface area contributed by atoms with Gasteiger partial charge in [-0.15, -0.1) is 0 Å². The molecule has 32 heavy (non-hydrogen) atoms. The summed E-state index contributed by atoms with van der Waals surface area (Å²) in [6.45, 7) is -1.60. The molecular weight excluding hydrogens is 474 g/mol. The van der Waals surface area contributed by atoms with E-state index in [-0.39, 0.29) is 23.0 Å². The molecule has 0 aliphatic heterocycles. The van der Waals surface area contributed by atoms with Crippen LogP contribution in [0.25, 0.3) is 0 Å². The van der Waals surface area contributed by atoms with Gasteiger partial charge in [-0.2, -0.15) is 28.1 Å². The number of benzene rings is 2. The van der Waals surface area contributed by atoms with Crippen molar-refractivity contribution in [2.75, 3.05) is 17.2 Å². The van der Waals surface area contributed by atoms with Crippen LogP contribution in [0.5, 0.6) is 6.01 Å². The highest BCUT2D eigenvalue weighted by Crippen LogP contribution is 2.22. The van der Waals surface area contributed by atoms with E-state index < -0.39 is 29.3 Å². The Morgan fingerprint density at radius 1 is 0.781 bits per heavy atom. The van der Waals surface area contributed by atoms with E-state index in [9.17, 15) is 22.8 Å². The van der Waals surface area contributed by atoms with Crippen molar-refractivity contribution in [1.29, 1.82) is 0 Å². The smallest absolute Gasteiger partial charge is 0.422 e. The van der Waals surface area contributed by atoms with Gasteiger partial charge in [0.1, 0.15) is 0 Å². The lowest BCUT2D eigenvalue weighted by molar-refractivity contribution is -0.154. The first-order valence-electron chi connectivity index (χ1n) is 8.68. The van der Waals surface area contributed by atoms with E-state index in [0.717, 1.165) is 0 Å². The summed E-state index contributed by atoms with van der Waals surface area (Å²) in [7, 11) is 0. The third kappa shape index (κ3) is 6.79. The first kappa shape index (κ1) is 23.2. The molecule has 8 nitrogen and oxygen atoms in total. The first-order chi connectivity index (χ1) is 15.1. The van der Waals surface area contributed by atoms with Crippen LogP contribution in [0.15, 0.2) is 48.5 Å². The molecule has 0 aliphatic carbocycles. The Bertz CT molecular complexity index is 1050. The number of aromatic nitrogens is 3. The minimum Gasteiger partial charge on any atom is -0.454 e. The number of carbonyl (C=O) groups excluding carboxylic acids is 2. The molecule has 0 saturated heterocycles. The summed E-state index contributed by atoms with van der Waals surface area (Å²) in [4.78, 5) is 34.0. The zero-order chi connectivity index (χ0) is 23.3. The SMILES string of the molecule is O=C(Cl)c1ccc(Nc2nc(Nc3ccc(C(=O)Cl)cc3)nc(OCC(F)(F)F)n2)cc1. The van der Waals surface area contributed by atoms with Crippen LogP contribution in [0.1, 0.15) is 20.7 Å². The molecule has 1 heterocycles. The summed E-state index contributed by atoms with van der Waals surface area (Å²) in [5.41, 5.74) is 1.36. The number of hydrogen-bond donors (Lipinski definition) is 2. The standard InChI is InChI=1S/C19H12Cl2F3N5O3/c20-14(30)10-1-5-12(6-2-10)25-16-27-17(29-18(28-16)32-9-19(22,23)24)26-13-7-3-11(4-8-13)15(21)31/h1-8H,9H2,(H2,25,26,27,28,29). The molecule has 0 amide bonds. The minimum absolute atomic E-state index is 0.128. The third-order valence-corrected chi connectivity index (χ3v) is 4.15. The fourth-order valence-electron chi connectivity index (χ4n) is 2.31. The van der Waals surface area contributed by atoms with E-state index in [1.54, 1.807) is 0 Å². The Morgan fingerprint density at radius 2 is 1.19 bits per heavy atom. The van der Waals surface area contributed by atoms with Crippen LogP contribution >= 0.6 is 23.2 Å². The van der Waals surface area contributed by atoms with E-state index in [1.807, 2.05) is 0 Å². The molecule has 2 aromatic carbocycles. The minimum atomic E-state index is -4.60. The molecule has 0 fully saturated rings. The summed E-state index contributed by atoms with van der Waals surface area (Å²) in [5.74, 6) is -0.255. The van der Waals surface area contributed by atoms with E-state index >= 15 is 0 Å². The molecule has 0 aliphatic rings. The number of ether oxygens (including phenoxy) is 1. The monoisotopic (exact) mass is 485 g/mol. The highest BCUT2D eigenvalue weighted by molar-refractivity contribution is 6.68. The van der Waals surface area contributed by atoms with Crippen molar-refractivity contribution in [3.8, 4) is 6.01 Å². The summed E-state index contributed by atoms with van der Waals surface area (Å²) in [6, 6.07) is 11.2. The van der Waals surface area contributed by atoms with Gasteiger partial charge in [-0.25, -0.2) is 0 Å². The third-order valence-electron chi connectivity index (χ3n) is 3.72. The molecule has 3 aromatic rings. The molecule has 166 valence electrons. The number of hydrogen-bond acceptors (Lipinski definition) is 8. The van der Waals surface area contributed by atoms with Crippen LogP contribution in [-0.4, -0.2) is 38.2 Å². The second-order valence-corrected chi connectivity index (χ2v) is 6.81. The molecule has 0 radical (unpaired) electrons. The van der Waals surface area contributed by atoms with E-state index in [2.05, 4.69) is 30.3 Å². The largest absolute Gasteiger partial charge is 0.454 e. The van der Waals surface area contributed by atoms with E-state index in [0.29, 0.717) is 11.4 Å². The van der Waals surface area contributed by atoms with Crippen molar-refractivity contribution < 1.29 is 27.5 Å². The lowest BCUT2D eigenvalue weighted by Gasteiger charge is -2.12. The molecule has 3 rings (SSSR count). The number of nitrogens with zero attached hydrogens (tertiary/aromatic N) is 3. The Hall–Kier alpha value is -3.44. The first-order valence-corrected chi connectivity index (χ1v) is 9.44. The van der Waals surface area contributed by atoms with Gasteiger partial charge in [-0.05, 0) is 71.7 Å². The molecule has 0 atom stereocenters. The summed E-state index contributed by atoms with van der Waals surface area (Å²) < 4.78 is 42.3. The number of nitrogens with one attached hydrogen (secondary N) is 2. The van der Waals surface area contributed by atoms with Crippen LogP contribution < -0.4 is 15.4 Å². The molecule has 1 aromatic heterocycles. The fourth-order valence-corrected chi connectivity index (χ4v) is 2.56. The zero-order valence-electron chi connectivity index (χ0n) is 15.8. The Labute approximate surface area is 188 Å². The average Bonchev–Trinajstić information content (AvgIpc) is 2.72. The number of anilines is 4. The maximum atomic E-state index is 12.5. The predicted octanol–water partition coefficient (Wildman–Crippen LogP) is 5.06. The molecule has 0 bridgehead atoms. The van der Waals surface area contributed by atoms with E-state index in [1.165, 1.54) is 48.5 Å². The molecule has 0 saturated carbocycles. The van der Waals surface area contributed by atoms with Crippen LogP contribution in [0.4, 0.5) is 36.4 Å². The van der Waals surface area contributed by atoms with Crippen LogP contribution in [0.2, 0.25) is 0 Å². The van der Waals surface area contributed by atoms with Crippen molar-refractivity contribution in [2.45, 2.75) is 6.18 Å². The summed E-state index contributed by atoms with van der Waals surface area (Å²) in [5, 5.41) is 4.26. The number of halogens is 5. The Balaban J connectivity index is 1.86. The zero-order valence-corrected chi connectivity index (χ0v) is 17.3. The Morgan fingerprint density at radius 3 is 1.53 bits per heavy atom. The second-order valence-electron chi connectivity index (χ2n) is 6.12. The maximum absolute atomic E-state index is 12.5. The van der Waals surface area contributed by atoms with Gasteiger partial charge in [-0.1, -0.05) is 0 Å². The highest BCUT2D eigenvalue weighted by atomic mass is 35.5. The molecule has 13 heteroatoms. The predicted molar refractivity (Wildman–Crippen MR) is 111 cm³/mol. The fraction of sp³-hybridized carbons (Fsp3) is 0.105. The van der Waals surface area contributed by atoms with Gasteiger partial charge in [-0.3, -0.25) is 9.59 Å². The van der Waals surface area contributed by atoms with Crippen molar-refractivity contribution in [2.24, 2.45) is 0 Å². The van der Waals surface area contributed by atoms with Gasteiger partial charge in [0.2, 0.25) is 11.9 Å². The lowest BCUT2D eigenvalue weighted by atomic mass is 10.2. The molecule has 0 spiro atoms. The summed E-state index contributed by atoms with van der Waals surface area (Å²) in [6.07, 6.45) is -4.60. The van der Waals surface area contributed by atoms with Crippen molar-refractivity contribution >= 4 is 57.0 Å². The Kier molecular flexibility index (Phi) is 7.11. The quantitative estimate of drug-likeness (QED) is 0.426. The number of alkyl halides is 3. The molecule has 0 unspecified atom stereocenters. The summed E-state index contributed by atoms with van der Waals surface area (Å²) >= 11 is 10.8. The van der Waals surface area contributed by atoms with E-state index in [4.69, 9.17) is 23.2 Å². The van der Waals surface area contributed by atoms with Gasteiger partial charge in [0, 0.05) is 22.5 Å². The van der Waals surface area contributed by atoms with Crippen LogP contribution in [-0.2, 0) is 0 Å². The lowest BCUT2D eigenvalue weighted by Crippen LogP contribution is -2.20. The van der Waals surface area contributed by atoms with Crippen molar-refractivity contribution in [1.82, 2.24) is 15.0 Å². The van der Waals surface area contributed by atoms with Crippen LogP contribution in [0.3, 0.4) is 0 Å². The van der Waals surface area contributed by atoms with Crippen molar-refractivity contribution in [3.63, 3.8) is 0 Å². The van der Waals surface area contributed by atoms with Crippen LogP contribution in [0, 0.1) is 0 Å². The van der Waals surface area contributed by atoms with Gasteiger partial charge in [0.05, 0.1) is 0 Å². The van der Waals surface area contributed by atoms with Gasteiger partial charge in [0.25, 0.3) is 10.5 Å². The van der Waals surface area contributed by atoms with Gasteiger partial charge in [0.15, 0.2) is 6.61 Å². The average molecular weight is 486 g/mol. The number of rotatable bonds is 8.